The topological polar surface area (TPSA) is 82.3 Å². The van der Waals surface area contributed by atoms with Gasteiger partial charge in [0.1, 0.15) is 0 Å². The number of halogens is 2. The number of amides is 4. The Balaban J connectivity index is 1.11. The van der Waals surface area contributed by atoms with Crippen molar-refractivity contribution in [3.8, 4) is 0 Å². The van der Waals surface area contributed by atoms with Crippen LogP contribution in [0.2, 0.25) is 10.0 Å². The maximum atomic E-state index is 12.3. The maximum absolute atomic E-state index is 12.3. The SMILES string of the molecule is O=C(Nc1cccc(Cl)c1)NC1CCC(CC2CCC(NC(=O)Nc3cccc(Cl)c3)CC2)CC1. The van der Waals surface area contributed by atoms with Crippen LogP contribution >= 0.6 is 23.2 Å². The van der Waals surface area contributed by atoms with Crippen molar-refractivity contribution in [2.75, 3.05) is 10.6 Å². The van der Waals surface area contributed by atoms with Crippen molar-refractivity contribution in [2.24, 2.45) is 11.8 Å². The van der Waals surface area contributed by atoms with E-state index in [1.807, 2.05) is 24.3 Å². The van der Waals surface area contributed by atoms with Crippen LogP contribution in [0.5, 0.6) is 0 Å². The summed E-state index contributed by atoms with van der Waals surface area (Å²) in [5.74, 6) is 1.45. The molecule has 0 bridgehead atoms. The number of carbonyl (C=O) groups excluding carboxylic acids is 2. The van der Waals surface area contributed by atoms with Crippen LogP contribution in [-0.4, -0.2) is 24.1 Å². The second kappa shape index (κ2) is 12.5. The molecule has 2 fully saturated rings. The molecular weight excluding hydrogens is 483 g/mol. The normalized spacial score (nSPS) is 24.3. The molecule has 6 nitrogen and oxygen atoms in total. The van der Waals surface area contributed by atoms with E-state index in [1.54, 1.807) is 24.3 Å². The van der Waals surface area contributed by atoms with Crippen LogP contribution in [0.4, 0.5) is 21.0 Å². The van der Waals surface area contributed by atoms with Crippen molar-refractivity contribution in [3.05, 3.63) is 58.6 Å². The van der Waals surface area contributed by atoms with Gasteiger partial charge in [-0.2, -0.15) is 0 Å². The van der Waals surface area contributed by atoms with Crippen LogP contribution in [0, 0.1) is 11.8 Å². The summed E-state index contributed by atoms with van der Waals surface area (Å²) in [6.07, 6.45) is 9.96. The van der Waals surface area contributed by atoms with Gasteiger partial charge < -0.3 is 21.3 Å². The standard InChI is InChI=1S/C27H34Cl2N4O2/c28-20-3-1-5-24(16-20)32-26(34)30-22-11-7-18(8-12-22)15-19-9-13-23(14-10-19)31-27(35)33-25-6-2-4-21(29)17-25/h1-6,16-19,22-23H,7-15H2,(H2,30,32,34)(H2,31,33,35). The summed E-state index contributed by atoms with van der Waals surface area (Å²) in [6, 6.07) is 14.5. The van der Waals surface area contributed by atoms with Gasteiger partial charge in [-0.3, -0.25) is 0 Å². The molecule has 2 aliphatic rings. The van der Waals surface area contributed by atoms with Gasteiger partial charge in [-0.25, -0.2) is 9.59 Å². The molecule has 0 saturated heterocycles. The third-order valence-electron chi connectivity index (χ3n) is 7.20. The number of benzene rings is 2. The maximum Gasteiger partial charge on any atom is 0.319 e. The number of hydrogen-bond acceptors (Lipinski definition) is 2. The highest BCUT2D eigenvalue weighted by molar-refractivity contribution is 6.31. The summed E-state index contributed by atoms with van der Waals surface area (Å²) in [5, 5.41) is 13.2. The Morgan fingerprint density at radius 2 is 1.06 bits per heavy atom. The first kappa shape index (κ1) is 25.6. The molecule has 4 rings (SSSR count). The third kappa shape index (κ3) is 8.32. The molecule has 0 aliphatic heterocycles. The Bertz CT molecular complexity index is 923. The van der Waals surface area contributed by atoms with E-state index in [-0.39, 0.29) is 24.1 Å². The summed E-state index contributed by atoms with van der Waals surface area (Å²) in [6.45, 7) is 0. The molecule has 4 N–H and O–H groups in total. The van der Waals surface area contributed by atoms with Crippen LogP contribution in [0.15, 0.2) is 48.5 Å². The van der Waals surface area contributed by atoms with Gasteiger partial charge in [0.15, 0.2) is 0 Å². The van der Waals surface area contributed by atoms with E-state index in [0.717, 1.165) is 63.2 Å². The van der Waals surface area contributed by atoms with E-state index in [0.29, 0.717) is 21.4 Å². The number of nitrogens with one attached hydrogen (secondary N) is 4. The monoisotopic (exact) mass is 516 g/mol. The van der Waals surface area contributed by atoms with E-state index >= 15 is 0 Å². The second-order valence-electron chi connectivity index (χ2n) is 9.89. The second-order valence-corrected chi connectivity index (χ2v) is 10.8. The van der Waals surface area contributed by atoms with Crippen molar-refractivity contribution in [3.63, 3.8) is 0 Å². The molecule has 2 aromatic carbocycles. The van der Waals surface area contributed by atoms with Crippen molar-refractivity contribution < 1.29 is 9.59 Å². The summed E-state index contributed by atoms with van der Waals surface area (Å²) in [4.78, 5) is 24.6. The van der Waals surface area contributed by atoms with Crippen molar-refractivity contribution >= 4 is 46.6 Å². The van der Waals surface area contributed by atoms with Gasteiger partial charge in [-0.05, 0) is 106 Å². The zero-order valence-corrected chi connectivity index (χ0v) is 21.4. The molecule has 0 aromatic heterocycles. The van der Waals surface area contributed by atoms with Gasteiger partial charge in [0, 0.05) is 33.5 Å². The molecule has 0 heterocycles. The minimum absolute atomic E-state index is 0.166. The smallest absolute Gasteiger partial charge is 0.319 e. The number of urea groups is 2. The highest BCUT2D eigenvalue weighted by Crippen LogP contribution is 2.35. The zero-order valence-electron chi connectivity index (χ0n) is 19.9. The lowest BCUT2D eigenvalue weighted by molar-refractivity contribution is 0.203. The first-order valence-corrected chi connectivity index (χ1v) is 13.3. The lowest BCUT2D eigenvalue weighted by Gasteiger charge is -2.34. The predicted molar refractivity (Wildman–Crippen MR) is 143 cm³/mol. The van der Waals surface area contributed by atoms with Gasteiger partial charge in [-0.1, -0.05) is 35.3 Å². The van der Waals surface area contributed by atoms with E-state index in [4.69, 9.17) is 23.2 Å². The minimum Gasteiger partial charge on any atom is -0.335 e. The van der Waals surface area contributed by atoms with E-state index in [1.165, 1.54) is 6.42 Å². The van der Waals surface area contributed by atoms with E-state index < -0.39 is 0 Å². The van der Waals surface area contributed by atoms with Crippen LogP contribution in [0.25, 0.3) is 0 Å². The molecule has 8 heteroatoms. The number of carbonyl (C=O) groups is 2. The molecular formula is C27H34Cl2N4O2. The first-order chi connectivity index (χ1) is 16.9. The first-order valence-electron chi connectivity index (χ1n) is 12.6. The molecule has 0 atom stereocenters. The molecule has 0 spiro atoms. The highest BCUT2D eigenvalue weighted by atomic mass is 35.5. The lowest BCUT2D eigenvalue weighted by atomic mass is 9.75. The van der Waals surface area contributed by atoms with Crippen LogP contribution in [-0.2, 0) is 0 Å². The summed E-state index contributed by atoms with van der Waals surface area (Å²) < 4.78 is 0. The molecule has 35 heavy (non-hydrogen) atoms. The summed E-state index contributed by atoms with van der Waals surface area (Å²) in [5.41, 5.74) is 1.41. The van der Waals surface area contributed by atoms with Gasteiger partial charge in [0.05, 0.1) is 0 Å². The molecule has 2 saturated carbocycles. The van der Waals surface area contributed by atoms with Crippen molar-refractivity contribution in [1.29, 1.82) is 0 Å². The third-order valence-corrected chi connectivity index (χ3v) is 7.67. The summed E-state index contributed by atoms with van der Waals surface area (Å²) >= 11 is 12.0. The van der Waals surface area contributed by atoms with Crippen molar-refractivity contribution in [1.82, 2.24) is 10.6 Å². The molecule has 0 radical (unpaired) electrons. The van der Waals surface area contributed by atoms with Gasteiger partial charge in [0.25, 0.3) is 0 Å². The Labute approximate surface area is 217 Å². The Kier molecular flexibility index (Phi) is 9.16. The Hall–Kier alpha value is -2.44. The predicted octanol–water partition coefficient (Wildman–Crippen LogP) is 7.44. The zero-order chi connectivity index (χ0) is 24.6. The molecule has 0 unspecified atom stereocenters. The van der Waals surface area contributed by atoms with Crippen LogP contribution < -0.4 is 21.3 Å². The van der Waals surface area contributed by atoms with Gasteiger partial charge >= 0.3 is 12.1 Å². The Morgan fingerprint density at radius 3 is 1.43 bits per heavy atom. The summed E-state index contributed by atoms with van der Waals surface area (Å²) in [7, 11) is 0. The van der Waals surface area contributed by atoms with Gasteiger partial charge in [0.2, 0.25) is 0 Å². The number of hydrogen-bond donors (Lipinski definition) is 4. The molecule has 188 valence electrons. The largest absolute Gasteiger partial charge is 0.335 e. The number of anilines is 2. The average molecular weight is 518 g/mol. The molecule has 4 amide bonds. The fourth-order valence-electron chi connectivity index (χ4n) is 5.39. The fourth-order valence-corrected chi connectivity index (χ4v) is 5.77. The van der Waals surface area contributed by atoms with E-state index in [2.05, 4.69) is 21.3 Å². The molecule has 2 aliphatic carbocycles. The fraction of sp³-hybridized carbons (Fsp3) is 0.481. The highest BCUT2D eigenvalue weighted by Gasteiger charge is 2.28. The quantitative estimate of drug-likeness (QED) is 0.321. The van der Waals surface area contributed by atoms with Crippen LogP contribution in [0.1, 0.15) is 57.8 Å². The lowest BCUT2D eigenvalue weighted by Crippen LogP contribution is -2.41. The number of rotatable bonds is 6. The van der Waals surface area contributed by atoms with Crippen LogP contribution in [0.3, 0.4) is 0 Å². The average Bonchev–Trinajstić information content (AvgIpc) is 2.81. The van der Waals surface area contributed by atoms with E-state index in [9.17, 15) is 9.59 Å². The van der Waals surface area contributed by atoms with Crippen molar-refractivity contribution in [2.45, 2.75) is 69.9 Å². The molecule has 2 aromatic rings. The minimum atomic E-state index is -0.166. The van der Waals surface area contributed by atoms with Gasteiger partial charge in [-0.15, -0.1) is 0 Å². The Morgan fingerprint density at radius 1 is 0.657 bits per heavy atom.